The van der Waals surface area contributed by atoms with Gasteiger partial charge in [-0.1, -0.05) is 85.3 Å². The third-order valence-electron chi connectivity index (χ3n) is 12.0. The highest BCUT2D eigenvalue weighted by molar-refractivity contribution is 6.10. The number of hydrogen-bond acceptors (Lipinski definition) is 6. The van der Waals surface area contributed by atoms with Crippen LogP contribution in [0.4, 0.5) is 0 Å². The van der Waals surface area contributed by atoms with Crippen LogP contribution >= 0.6 is 0 Å². The fourth-order valence-corrected chi connectivity index (χ4v) is 8.83. The quantitative estimate of drug-likeness (QED) is 0.160. The Morgan fingerprint density at radius 2 is 1.63 bits per heavy atom. The van der Waals surface area contributed by atoms with Crippen molar-refractivity contribution < 1.29 is 24.2 Å². The number of allylic oxidation sites excluding steroid dienone is 2. The van der Waals surface area contributed by atoms with E-state index in [0.717, 1.165) is 47.9 Å². The van der Waals surface area contributed by atoms with Gasteiger partial charge in [-0.05, 0) is 98.2 Å². The molecular formula is C44H50N2O5. The molecule has 0 spiro atoms. The second-order valence-corrected chi connectivity index (χ2v) is 15.3. The first kappa shape index (κ1) is 35.1. The molecule has 1 aromatic heterocycles. The van der Waals surface area contributed by atoms with Gasteiger partial charge in [0.15, 0.2) is 11.5 Å². The number of carbonyl (C=O) groups excluding carboxylic acids is 2. The summed E-state index contributed by atoms with van der Waals surface area (Å²) >= 11 is 0. The van der Waals surface area contributed by atoms with Gasteiger partial charge >= 0.3 is 0 Å². The number of hydrogen-bond donors (Lipinski definition) is 2. The summed E-state index contributed by atoms with van der Waals surface area (Å²) in [7, 11) is 0. The summed E-state index contributed by atoms with van der Waals surface area (Å²) in [5.74, 6) is 0.193. The summed E-state index contributed by atoms with van der Waals surface area (Å²) in [4.78, 5) is 31.6. The Kier molecular flexibility index (Phi) is 10.2. The van der Waals surface area contributed by atoms with Gasteiger partial charge in [0.25, 0.3) is 5.91 Å². The highest BCUT2D eigenvalue weighted by atomic mass is 16.3. The molecule has 4 unspecified atom stereocenters. The lowest BCUT2D eigenvalue weighted by molar-refractivity contribution is -0.0876. The number of aliphatic hydroxyl groups excluding tert-OH is 1. The largest absolute Gasteiger partial charge is 0.459 e. The van der Waals surface area contributed by atoms with E-state index in [-0.39, 0.29) is 17.6 Å². The van der Waals surface area contributed by atoms with E-state index in [1.807, 2.05) is 53.4 Å². The number of β-amino-alcohol motifs (C(OH)–C–C–N with tert-alkyl or cyclic N) is 1. The number of amides is 1. The Balaban J connectivity index is 1.20. The van der Waals surface area contributed by atoms with Crippen molar-refractivity contribution in [3.63, 3.8) is 0 Å². The topological polar surface area (TPSA) is 94.2 Å². The van der Waals surface area contributed by atoms with E-state index < -0.39 is 17.1 Å². The molecule has 4 aromatic rings. The van der Waals surface area contributed by atoms with E-state index in [2.05, 4.69) is 49.1 Å². The molecule has 4 aliphatic rings. The van der Waals surface area contributed by atoms with E-state index in [9.17, 15) is 19.8 Å². The van der Waals surface area contributed by atoms with Crippen molar-refractivity contribution in [3.8, 4) is 11.1 Å². The van der Waals surface area contributed by atoms with Crippen LogP contribution in [0.2, 0.25) is 0 Å². The Morgan fingerprint density at radius 3 is 2.35 bits per heavy atom. The molecule has 0 radical (unpaired) electrons. The third-order valence-corrected chi connectivity index (χ3v) is 12.0. The van der Waals surface area contributed by atoms with Gasteiger partial charge in [-0.15, -0.1) is 0 Å². The zero-order chi connectivity index (χ0) is 35.6. The minimum atomic E-state index is -0.990. The zero-order valence-electron chi connectivity index (χ0n) is 29.9. The van der Waals surface area contributed by atoms with Crippen molar-refractivity contribution >= 4 is 11.7 Å². The van der Waals surface area contributed by atoms with Crippen molar-refractivity contribution in [2.75, 3.05) is 32.7 Å². The van der Waals surface area contributed by atoms with Crippen LogP contribution in [0.25, 0.3) is 11.1 Å². The molecule has 1 amide bonds. The van der Waals surface area contributed by atoms with E-state index in [1.165, 1.54) is 11.8 Å². The average Bonchev–Trinajstić information content (AvgIpc) is 3.77. The number of carbonyl (C=O) groups is 2. The van der Waals surface area contributed by atoms with Crippen molar-refractivity contribution in [2.24, 2.45) is 5.41 Å². The van der Waals surface area contributed by atoms with Gasteiger partial charge in [-0.25, -0.2) is 0 Å². The van der Waals surface area contributed by atoms with Gasteiger partial charge in [0.05, 0.1) is 18.0 Å². The maximum absolute atomic E-state index is 14.5. The summed E-state index contributed by atoms with van der Waals surface area (Å²) in [6.07, 6.45) is 8.24. The van der Waals surface area contributed by atoms with Crippen LogP contribution in [0.1, 0.15) is 95.9 Å². The highest BCUT2D eigenvalue weighted by Gasteiger charge is 2.57. The van der Waals surface area contributed by atoms with Crippen LogP contribution in [0.5, 0.6) is 0 Å². The first-order valence-corrected chi connectivity index (χ1v) is 18.6. The summed E-state index contributed by atoms with van der Waals surface area (Å²) in [6.45, 7) is 7.38. The standard InChI is InChI=1S/C44H50N2O5/c1-31-8-6-21-43(2)39(20-22-44(43,50)30-45-23-25-46(26-24-45)42(49)40-11-7-27-51-40)37-19-13-32(28-36(47)18-12-31)29-38(37)41(48)35-16-14-34(15-17-35)33-9-4-3-5-10-33/h3-5,7-11,13-17,19,27,29,36,39,47,50H,6,12,18,20-26,28,30H2,1-2H3. The summed E-state index contributed by atoms with van der Waals surface area (Å²) < 4.78 is 5.36. The van der Waals surface area contributed by atoms with Gasteiger partial charge in [0.1, 0.15) is 0 Å². The predicted octanol–water partition coefficient (Wildman–Crippen LogP) is 7.67. The lowest BCUT2D eigenvalue weighted by Gasteiger charge is -2.47. The fraction of sp³-hybridized carbons (Fsp3) is 0.409. The number of ketones is 1. The number of benzene rings is 3. The second-order valence-electron chi connectivity index (χ2n) is 15.3. The molecule has 3 aromatic carbocycles. The van der Waals surface area contributed by atoms with Gasteiger partial charge in [0, 0.05) is 49.3 Å². The Morgan fingerprint density at radius 1 is 0.882 bits per heavy atom. The highest BCUT2D eigenvalue weighted by Crippen LogP contribution is 2.59. The van der Waals surface area contributed by atoms with Crippen LogP contribution in [-0.4, -0.2) is 76.1 Å². The van der Waals surface area contributed by atoms with Crippen molar-refractivity contribution in [1.82, 2.24) is 9.80 Å². The molecule has 2 heterocycles. The Bertz CT molecular complexity index is 1860. The molecule has 2 N–H and O–H groups in total. The molecule has 7 nitrogen and oxygen atoms in total. The van der Waals surface area contributed by atoms with Crippen LogP contribution in [0.15, 0.2) is 107 Å². The fourth-order valence-electron chi connectivity index (χ4n) is 8.83. The minimum absolute atomic E-state index is 0.0288. The lowest BCUT2D eigenvalue weighted by Crippen LogP contribution is -2.57. The van der Waals surface area contributed by atoms with Gasteiger partial charge in [-0.2, -0.15) is 0 Å². The molecule has 1 saturated heterocycles. The molecule has 2 bridgehead atoms. The zero-order valence-corrected chi connectivity index (χ0v) is 29.9. The average molecular weight is 687 g/mol. The molecule has 8 rings (SSSR count). The summed E-state index contributed by atoms with van der Waals surface area (Å²) in [5.41, 5.74) is 5.15. The lowest BCUT2D eigenvalue weighted by atomic mass is 9.64. The number of piperazine rings is 1. The van der Waals surface area contributed by atoms with E-state index in [1.54, 1.807) is 12.1 Å². The smallest absolute Gasteiger partial charge is 0.289 e. The molecule has 7 heteroatoms. The van der Waals surface area contributed by atoms with Crippen molar-refractivity contribution in [2.45, 2.75) is 76.4 Å². The summed E-state index contributed by atoms with van der Waals surface area (Å²) in [5, 5.41) is 23.8. The molecule has 266 valence electrons. The molecule has 2 fully saturated rings. The third kappa shape index (κ3) is 7.25. The molecule has 4 atom stereocenters. The Hall–Kier alpha value is -4.30. The molecule has 51 heavy (non-hydrogen) atoms. The first-order valence-electron chi connectivity index (χ1n) is 18.6. The number of furan rings is 1. The monoisotopic (exact) mass is 686 g/mol. The summed E-state index contributed by atoms with van der Waals surface area (Å²) in [6, 6.07) is 27.6. The molecule has 3 aliphatic carbocycles. The maximum Gasteiger partial charge on any atom is 0.289 e. The van der Waals surface area contributed by atoms with Crippen molar-refractivity contribution in [3.05, 3.63) is 131 Å². The predicted molar refractivity (Wildman–Crippen MR) is 200 cm³/mol. The SMILES string of the molecule is CC1=CCCC2(C)C(CCC2(O)CN2CCN(C(=O)c3ccco3)CC2)c2ccc(cc2C(=O)c2ccc(-c3ccccc3)cc2)CC(O)CC1. The van der Waals surface area contributed by atoms with Crippen LogP contribution in [0, 0.1) is 5.41 Å². The second kappa shape index (κ2) is 14.7. The number of nitrogens with zero attached hydrogens (tertiary/aromatic N) is 2. The maximum atomic E-state index is 14.5. The molecule has 1 saturated carbocycles. The normalized spacial score (nSPS) is 26.0. The van der Waals surface area contributed by atoms with E-state index >= 15 is 0 Å². The number of rotatable bonds is 6. The van der Waals surface area contributed by atoms with Crippen LogP contribution in [-0.2, 0) is 6.42 Å². The Labute approximate surface area is 301 Å². The number of fused-ring (bicyclic) bond motifs is 8. The van der Waals surface area contributed by atoms with Crippen molar-refractivity contribution in [1.29, 1.82) is 0 Å². The van der Waals surface area contributed by atoms with Crippen LogP contribution < -0.4 is 0 Å². The molecule has 1 aliphatic heterocycles. The van der Waals surface area contributed by atoms with Gasteiger partial charge in [0.2, 0.25) is 0 Å². The van der Waals surface area contributed by atoms with Crippen LogP contribution in [0.3, 0.4) is 0 Å². The number of aliphatic hydroxyl groups is 2. The van der Waals surface area contributed by atoms with E-state index in [0.29, 0.717) is 68.9 Å². The minimum Gasteiger partial charge on any atom is -0.459 e. The molecular weight excluding hydrogens is 636 g/mol. The van der Waals surface area contributed by atoms with E-state index in [4.69, 9.17) is 4.42 Å². The first-order chi connectivity index (χ1) is 24.6. The van der Waals surface area contributed by atoms with Gasteiger partial charge < -0.3 is 19.5 Å². The van der Waals surface area contributed by atoms with Gasteiger partial charge in [-0.3, -0.25) is 14.5 Å².